The van der Waals surface area contributed by atoms with Gasteiger partial charge in [0.2, 0.25) is 0 Å². The van der Waals surface area contributed by atoms with E-state index in [1.807, 2.05) is 0 Å². The first kappa shape index (κ1) is 32.8. The van der Waals surface area contributed by atoms with Crippen LogP contribution in [0, 0.1) is 0 Å². The molecule has 4 N–H and O–H groups in total. The van der Waals surface area contributed by atoms with E-state index in [2.05, 4.69) is 15.5 Å². The van der Waals surface area contributed by atoms with Gasteiger partial charge in [0.25, 0.3) is 0 Å². The van der Waals surface area contributed by atoms with Gasteiger partial charge < -0.3 is 34.4 Å². The van der Waals surface area contributed by atoms with E-state index in [1.165, 1.54) is 7.11 Å². The molecule has 0 radical (unpaired) electrons. The van der Waals surface area contributed by atoms with Gasteiger partial charge in [-0.1, -0.05) is 51.4 Å². The van der Waals surface area contributed by atoms with Crippen molar-refractivity contribution in [2.24, 2.45) is 5.90 Å². The van der Waals surface area contributed by atoms with Crippen LogP contribution in [0.4, 0.5) is 4.79 Å². The van der Waals surface area contributed by atoms with Gasteiger partial charge in [0.15, 0.2) is 0 Å². The van der Waals surface area contributed by atoms with Crippen LogP contribution in [0.1, 0.15) is 25.3 Å². The van der Waals surface area contributed by atoms with Gasteiger partial charge in [-0.15, -0.1) is 0 Å². The molecule has 1 aromatic carbocycles. The number of methoxy groups -OCH3 is 1. The van der Waals surface area contributed by atoms with Gasteiger partial charge in [0.05, 0.1) is 56.3 Å². The number of benzene rings is 1. The summed E-state index contributed by atoms with van der Waals surface area (Å²) in [5.41, 5.74) is 1.89. The normalized spacial score (nSPS) is 15.1. The molecular formula is C25H34ClN3O8S2. The molecule has 1 atom stereocenters. The number of allylic oxidation sites excluding steroid dienone is 1. The SMILES string of the molecule is CCOC(=O)C1=C(COCCNC(=O)OCCSSCCON)NC(C)=C(C(=O)OC)C1c1ccccc1Cl. The van der Waals surface area contributed by atoms with Crippen molar-refractivity contribution in [2.75, 3.05) is 58.2 Å². The molecule has 0 aromatic heterocycles. The van der Waals surface area contributed by atoms with Crippen LogP contribution < -0.4 is 16.5 Å². The quantitative estimate of drug-likeness (QED) is 0.0837. The third kappa shape index (κ3) is 10.2. The summed E-state index contributed by atoms with van der Waals surface area (Å²) in [6.07, 6.45) is -0.558. The molecule has 0 bridgehead atoms. The highest BCUT2D eigenvalue weighted by Crippen LogP contribution is 2.41. The van der Waals surface area contributed by atoms with Gasteiger partial charge in [0, 0.05) is 28.8 Å². The molecule has 1 aromatic rings. The highest BCUT2D eigenvalue weighted by molar-refractivity contribution is 8.76. The molecule has 0 spiro atoms. The monoisotopic (exact) mass is 603 g/mol. The Labute approximate surface area is 240 Å². The van der Waals surface area contributed by atoms with Crippen molar-refractivity contribution in [1.82, 2.24) is 10.6 Å². The van der Waals surface area contributed by atoms with Gasteiger partial charge in [-0.05, 0) is 25.5 Å². The summed E-state index contributed by atoms with van der Waals surface area (Å²) in [5.74, 6) is 4.27. The third-order valence-corrected chi connectivity index (χ3v) is 7.97. The smallest absolute Gasteiger partial charge is 0.407 e. The Morgan fingerprint density at radius 1 is 1.05 bits per heavy atom. The van der Waals surface area contributed by atoms with Crippen molar-refractivity contribution in [3.8, 4) is 0 Å². The van der Waals surface area contributed by atoms with E-state index in [0.717, 1.165) is 5.75 Å². The van der Waals surface area contributed by atoms with Crippen molar-refractivity contribution in [1.29, 1.82) is 0 Å². The highest BCUT2D eigenvalue weighted by Gasteiger charge is 2.39. The largest absolute Gasteiger partial charge is 0.466 e. The number of carbonyl (C=O) groups excluding carboxylic acids is 3. The number of alkyl carbamates (subject to hydrolysis) is 1. The number of nitrogens with two attached hydrogens (primary N) is 1. The Bertz CT molecular complexity index is 1050. The Hall–Kier alpha value is -2.42. The van der Waals surface area contributed by atoms with Crippen molar-refractivity contribution in [3.05, 3.63) is 57.4 Å². The van der Waals surface area contributed by atoms with Crippen LogP contribution in [0.25, 0.3) is 0 Å². The summed E-state index contributed by atoms with van der Waals surface area (Å²) in [6.45, 7) is 4.55. The van der Waals surface area contributed by atoms with Gasteiger partial charge in [-0.25, -0.2) is 20.3 Å². The summed E-state index contributed by atoms with van der Waals surface area (Å²) in [6, 6.07) is 6.95. The molecule has 11 nitrogen and oxygen atoms in total. The van der Waals surface area contributed by atoms with Crippen molar-refractivity contribution in [3.63, 3.8) is 0 Å². The Kier molecular flexibility index (Phi) is 15.2. The van der Waals surface area contributed by atoms with E-state index in [1.54, 1.807) is 59.7 Å². The minimum Gasteiger partial charge on any atom is -0.466 e. The molecule has 2 rings (SSSR count). The zero-order valence-corrected chi connectivity index (χ0v) is 24.5. The van der Waals surface area contributed by atoms with Gasteiger partial charge >= 0.3 is 18.0 Å². The first-order valence-corrected chi connectivity index (χ1v) is 15.0. The number of esters is 2. The Morgan fingerprint density at radius 3 is 2.44 bits per heavy atom. The number of rotatable bonds is 16. The van der Waals surface area contributed by atoms with E-state index in [-0.39, 0.29) is 44.1 Å². The molecule has 14 heteroatoms. The number of dihydropyridines is 1. The maximum Gasteiger partial charge on any atom is 0.407 e. The molecule has 1 aliphatic heterocycles. The maximum atomic E-state index is 13.2. The topological polar surface area (TPSA) is 147 Å². The second-order valence-corrected chi connectivity index (χ2v) is 11.0. The molecule has 39 heavy (non-hydrogen) atoms. The fraction of sp³-hybridized carbons (Fsp3) is 0.480. The van der Waals surface area contributed by atoms with E-state index < -0.39 is 23.9 Å². The van der Waals surface area contributed by atoms with Crippen LogP contribution in [0.15, 0.2) is 46.8 Å². The van der Waals surface area contributed by atoms with Crippen LogP contribution in [0.3, 0.4) is 0 Å². The lowest BCUT2D eigenvalue weighted by molar-refractivity contribution is -0.139. The predicted molar refractivity (Wildman–Crippen MR) is 151 cm³/mol. The van der Waals surface area contributed by atoms with Crippen LogP contribution in [-0.4, -0.2) is 76.2 Å². The average Bonchev–Trinajstić information content (AvgIpc) is 2.92. The van der Waals surface area contributed by atoms with E-state index in [0.29, 0.717) is 34.3 Å². The molecular weight excluding hydrogens is 570 g/mol. The van der Waals surface area contributed by atoms with Gasteiger partial charge in [-0.3, -0.25) is 0 Å². The van der Waals surface area contributed by atoms with Gasteiger partial charge in [0.1, 0.15) is 6.61 Å². The summed E-state index contributed by atoms with van der Waals surface area (Å²) in [5, 5.41) is 6.09. The molecule has 0 saturated carbocycles. The average molecular weight is 604 g/mol. The predicted octanol–water partition coefficient (Wildman–Crippen LogP) is 3.31. The minimum absolute atomic E-state index is 0.0159. The van der Waals surface area contributed by atoms with Crippen LogP contribution in [0.2, 0.25) is 5.02 Å². The van der Waals surface area contributed by atoms with E-state index in [4.69, 9.17) is 36.4 Å². The third-order valence-electron chi connectivity index (χ3n) is 5.29. The summed E-state index contributed by atoms with van der Waals surface area (Å²) in [4.78, 5) is 42.3. The Morgan fingerprint density at radius 2 is 1.77 bits per heavy atom. The zero-order chi connectivity index (χ0) is 28.6. The first-order chi connectivity index (χ1) is 18.8. The maximum absolute atomic E-state index is 13.2. The molecule has 0 fully saturated rings. The van der Waals surface area contributed by atoms with Crippen molar-refractivity contribution >= 4 is 51.2 Å². The van der Waals surface area contributed by atoms with Crippen molar-refractivity contribution in [2.45, 2.75) is 19.8 Å². The molecule has 0 saturated heterocycles. The fourth-order valence-corrected chi connectivity index (χ4v) is 5.59. The molecule has 1 amide bonds. The second kappa shape index (κ2) is 18.0. The molecule has 0 aliphatic carbocycles. The van der Waals surface area contributed by atoms with Crippen LogP contribution in [-0.2, 0) is 33.4 Å². The number of ether oxygens (including phenoxy) is 4. The Balaban J connectivity index is 2.06. The highest BCUT2D eigenvalue weighted by atomic mass is 35.5. The van der Waals surface area contributed by atoms with E-state index in [9.17, 15) is 14.4 Å². The first-order valence-electron chi connectivity index (χ1n) is 12.1. The molecule has 1 unspecified atom stereocenters. The number of hydrogen-bond donors (Lipinski definition) is 3. The van der Waals surface area contributed by atoms with Crippen LogP contribution >= 0.6 is 33.2 Å². The summed E-state index contributed by atoms with van der Waals surface area (Å²) < 4.78 is 21.2. The van der Waals surface area contributed by atoms with Crippen LogP contribution in [0.5, 0.6) is 0 Å². The summed E-state index contributed by atoms with van der Waals surface area (Å²) >= 11 is 6.50. The van der Waals surface area contributed by atoms with Crippen molar-refractivity contribution < 1.29 is 38.2 Å². The number of carbonyl (C=O) groups is 3. The zero-order valence-electron chi connectivity index (χ0n) is 22.1. The lowest BCUT2D eigenvalue weighted by atomic mass is 9.80. The summed E-state index contributed by atoms with van der Waals surface area (Å²) in [7, 11) is 4.40. The molecule has 216 valence electrons. The number of nitrogens with one attached hydrogen (secondary N) is 2. The van der Waals surface area contributed by atoms with Gasteiger partial charge in [-0.2, -0.15) is 0 Å². The van der Waals surface area contributed by atoms with E-state index >= 15 is 0 Å². The number of hydrogen-bond acceptors (Lipinski definition) is 12. The number of halogens is 1. The molecule has 1 heterocycles. The lowest BCUT2D eigenvalue weighted by Gasteiger charge is -2.31. The standard InChI is InChI=1S/C25H34ClN3O8S2/c1-4-35-24(31)22-19(15-34-10-9-28-25(32)36-11-13-38-39-14-12-37-27)29-16(2)20(23(30)33-3)21(22)17-7-5-6-8-18(17)26/h5-8,21,29H,4,9-15,27H2,1-3H3,(H,28,32). The minimum atomic E-state index is -0.836. The number of amides is 1. The fourth-order valence-electron chi connectivity index (χ4n) is 3.68. The molecule has 1 aliphatic rings. The second-order valence-electron chi connectivity index (χ2n) is 7.85. The lowest BCUT2D eigenvalue weighted by Crippen LogP contribution is -2.35.